The summed E-state index contributed by atoms with van der Waals surface area (Å²) in [5.74, 6) is 0.923. The molecule has 1 saturated heterocycles. The predicted molar refractivity (Wildman–Crippen MR) is 71.2 cm³/mol. The summed E-state index contributed by atoms with van der Waals surface area (Å²) >= 11 is 0. The Morgan fingerprint density at radius 1 is 1.41 bits per heavy atom. The Morgan fingerprint density at radius 3 is 2.71 bits per heavy atom. The van der Waals surface area contributed by atoms with Crippen molar-refractivity contribution in [2.75, 3.05) is 19.6 Å². The largest absolute Gasteiger partial charge is 0.352 e. The van der Waals surface area contributed by atoms with Gasteiger partial charge in [0.25, 0.3) is 0 Å². The van der Waals surface area contributed by atoms with Gasteiger partial charge in [-0.2, -0.15) is 0 Å². The van der Waals surface area contributed by atoms with Gasteiger partial charge in [0.1, 0.15) is 0 Å². The van der Waals surface area contributed by atoms with Gasteiger partial charge in [-0.3, -0.25) is 9.69 Å². The molecule has 1 heterocycles. The highest BCUT2D eigenvalue weighted by Crippen LogP contribution is 2.22. The van der Waals surface area contributed by atoms with Crippen molar-refractivity contribution in [3.63, 3.8) is 0 Å². The van der Waals surface area contributed by atoms with Crippen molar-refractivity contribution in [3.05, 3.63) is 0 Å². The highest BCUT2D eigenvalue weighted by atomic mass is 35.5. The summed E-state index contributed by atoms with van der Waals surface area (Å²) in [6, 6.07) is 0.862. The summed E-state index contributed by atoms with van der Waals surface area (Å²) in [6.45, 7) is 4.48. The number of nitrogens with zero attached hydrogens (tertiary/aromatic N) is 1. The third kappa shape index (κ3) is 4.45. The van der Waals surface area contributed by atoms with Crippen LogP contribution in [0.1, 0.15) is 32.6 Å². The van der Waals surface area contributed by atoms with E-state index >= 15 is 0 Å². The lowest BCUT2D eigenvalue weighted by Gasteiger charge is -2.37. The molecule has 2 aliphatic rings. The third-order valence-electron chi connectivity index (χ3n) is 3.66. The molecule has 4 nitrogen and oxygen atoms in total. The molecule has 2 atom stereocenters. The first-order chi connectivity index (χ1) is 7.69. The van der Waals surface area contributed by atoms with E-state index in [-0.39, 0.29) is 18.3 Å². The summed E-state index contributed by atoms with van der Waals surface area (Å²) in [4.78, 5) is 14.0. The summed E-state index contributed by atoms with van der Waals surface area (Å²) in [5.41, 5.74) is 5.77. The standard InChI is InChI=1S/C12H23N3O.ClH/c1-9-4-5-15(11(6-9)7-13)8-12(16)14-10-2-3-10;/h9-11H,2-8,13H2,1H3,(H,14,16);1H. The molecule has 5 heteroatoms. The van der Waals surface area contributed by atoms with E-state index in [0.717, 1.165) is 31.7 Å². The van der Waals surface area contributed by atoms with Crippen molar-refractivity contribution in [2.45, 2.75) is 44.7 Å². The van der Waals surface area contributed by atoms with Crippen LogP contribution >= 0.6 is 12.4 Å². The van der Waals surface area contributed by atoms with Crippen molar-refractivity contribution in [1.82, 2.24) is 10.2 Å². The van der Waals surface area contributed by atoms with Crippen molar-refractivity contribution in [2.24, 2.45) is 11.7 Å². The van der Waals surface area contributed by atoms with E-state index in [4.69, 9.17) is 5.73 Å². The number of likely N-dealkylation sites (tertiary alicyclic amines) is 1. The lowest BCUT2D eigenvalue weighted by atomic mass is 9.92. The Kier molecular flexibility index (Phi) is 5.70. The zero-order valence-corrected chi connectivity index (χ0v) is 11.3. The van der Waals surface area contributed by atoms with Gasteiger partial charge in [0.2, 0.25) is 5.91 Å². The van der Waals surface area contributed by atoms with E-state index < -0.39 is 0 Å². The normalized spacial score (nSPS) is 29.5. The number of piperidine rings is 1. The molecule has 0 radical (unpaired) electrons. The van der Waals surface area contributed by atoms with Gasteiger partial charge in [0.15, 0.2) is 0 Å². The average Bonchev–Trinajstić information content (AvgIpc) is 3.04. The molecule has 0 spiro atoms. The van der Waals surface area contributed by atoms with Crippen LogP contribution in [0.15, 0.2) is 0 Å². The number of hydrogen-bond acceptors (Lipinski definition) is 3. The molecule has 3 N–H and O–H groups in total. The molecule has 1 aliphatic heterocycles. The Morgan fingerprint density at radius 2 is 2.12 bits per heavy atom. The first kappa shape index (κ1) is 14.7. The molecule has 2 fully saturated rings. The molecular weight excluding hydrogens is 238 g/mol. The van der Waals surface area contributed by atoms with Crippen LogP contribution in [0, 0.1) is 5.92 Å². The molecule has 0 bridgehead atoms. The number of hydrogen-bond donors (Lipinski definition) is 2. The number of nitrogens with one attached hydrogen (secondary N) is 1. The molecular formula is C12H24ClN3O. The van der Waals surface area contributed by atoms with Crippen molar-refractivity contribution in [1.29, 1.82) is 0 Å². The fraction of sp³-hybridized carbons (Fsp3) is 0.917. The molecule has 0 aromatic rings. The highest BCUT2D eigenvalue weighted by Gasteiger charge is 2.28. The Balaban J connectivity index is 0.00000144. The maximum atomic E-state index is 11.7. The molecule has 1 saturated carbocycles. The number of halogens is 1. The number of rotatable bonds is 4. The Hall–Kier alpha value is -0.320. The molecule has 1 amide bonds. The van der Waals surface area contributed by atoms with Crippen LogP contribution in [0.2, 0.25) is 0 Å². The van der Waals surface area contributed by atoms with Gasteiger partial charge in [-0.1, -0.05) is 6.92 Å². The van der Waals surface area contributed by atoms with Crippen LogP contribution in [0.3, 0.4) is 0 Å². The van der Waals surface area contributed by atoms with Gasteiger partial charge in [-0.25, -0.2) is 0 Å². The van der Waals surface area contributed by atoms with Crippen molar-refractivity contribution < 1.29 is 4.79 Å². The van der Waals surface area contributed by atoms with Crippen LogP contribution in [0.4, 0.5) is 0 Å². The number of nitrogens with two attached hydrogens (primary N) is 1. The van der Waals surface area contributed by atoms with Gasteiger partial charge in [0.05, 0.1) is 6.54 Å². The van der Waals surface area contributed by atoms with Gasteiger partial charge in [-0.05, 0) is 38.1 Å². The maximum absolute atomic E-state index is 11.7. The average molecular weight is 262 g/mol. The van der Waals surface area contributed by atoms with Gasteiger partial charge in [0, 0.05) is 18.6 Å². The number of amides is 1. The van der Waals surface area contributed by atoms with Crippen LogP contribution in [0.25, 0.3) is 0 Å². The highest BCUT2D eigenvalue weighted by molar-refractivity contribution is 5.85. The van der Waals surface area contributed by atoms with E-state index in [1.165, 1.54) is 6.42 Å². The third-order valence-corrected chi connectivity index (χ3v) is 3.66. The molecule has 2 rings (SSSR count). The second-order valence-electron chi connectivity index (χ2n) is 5.33. The first-order valence-corrected chi connectivity index (χ1v) is 6.42. The van der Waals surface area contributed by atoms with Crippen molar-refractivity contribution in [3.8, 4) is 0 Å². The first-order valence-electron chi connectivity index (χ1n) is 6.42. The van der Waals surface area contributed by atoms with Crippen LogP contribution < -0.4 is 11.1 Å². The van der Waals surface area contributed by atoms with Crippen LogP contribution in [-0.4, -0.2) is 42.5 Å². The van der Waals surface area contributed by atoms with E-state index in [0.29, 0.717) is 25.2 Å². The van der Waals surface area contributed by atoms with Crippen molar-refractivity contribution >= 4 is 18.3 Å². The van der Waals surface area contributed by atoms with Crippen LogP contribution in [0.5, 0.6) is 0 Å². The zero-order chi connectivity index (χ0) is 11.5. The topological polar surface area (TPSA) is 58.4 Å². The van der Waals surface area contributed by atoms with E-state index in [1.54, 1.807) is 0 Å². The SMILES string of the molecule is CC1CCN(CC(=O)NC2CC2)C(CN)C1.Cl. The van der Waals surface area contributed by atoms with Gasteiger partial charge in [-0.15, -0.1) is 12.4 Å². The quantitative estimate of drug-likeness (QED) is 0.785. The van der Waals surface area contributed by atoms with Gasteiger partial charge < -0.3 is 11.1 Å². The number of carbonyl (C=O) groups is 1. The molecule has 0 aromatic carbocycles. The lowest BCUT2D eigenvalue weighted by Crippen LogP contribution is -2.50. The minimum Gasteiger partial charge on any atom is -0.352 e. The fourth-order valence-electron chi connectivity index (χ4n) is 2.44. The second-order valence-corrected chi connectivity index (χ2v) is 5.33. The summed E-state index contributed by atoms with van der Waals surface area (Å²) in [5, 5.41) is 3.04. The lowest BCUT2D eigenvalue weighted by molar-refractivity contribution is -0.123. The zero-order valence-electron chi connectivity index (χ0n) is 10.5. The second kappa shape index (κ2) is 6.57. The number of carbonyl (C=O) groups excluding carboxylic acids is 1. The summed E-state index contributed by atoms with van der Waals surface area (Å²) < 4.78 is 0. The van der Waals surface area contributed by atoms with E-state index in [1.807, 2.05) is 0 Å². The maximum Gasteiger partial charge on any atom is 0.234 e. The fourth-order valence-corrected chi connectivity index (χ4v) is 2.44. The Bertz CT molecular complexity index is 258. The summed E-state index contributed by atoms with van der Waals surface area (Å²) in [7, 11) is 0. The smallest absolute Gasteiger partial charge is 0.234 e. The van der Waals surface area contributed by atoms with Crippen LogP contribution in [-0.2, 0) is 4.79 Å². The van der Waals surface area contributed by atoms with E-state index in [9.17, 15) is 4.79 Å². The summed E-state index contributed by atoms with van der Waals surface area (Å²) in [6.07, 6.45) is 4.63. The van der Waals surface area contributed by atoms with E-state index in [2.05, 4.69) is 17.1 Å². The monoisotopic (exact) mass is 261 g/mol. The predicted octanol–water partition coefficient (Wildman–Crippen LogP) is 0.746. The minimum atomic E-state index is 0. The molecule has 17 heavy (non-hydrogen) atoms. The Labute approximate surface area is 110 Å². The molecule has 100 valence electrons. The molecule has 0 aromatic heterocycles. The molecule has 2 unspecified atom stereocenters. The molecule has 1 aliphatic carbocycles. The minimum absolute atomic E-state index is 0. The van der Waals surface area contributed by atoms with Gasteiger partial charge >= 0.3 is 0 Å².